The molecule has 2 unspecified atom stereocenters. The third-order valence-corrected chi connectivity index (χ3v) is 4.50. The fraction of sp³-hybridized carbons (Fsp3) is 0.636. The van der Waals surface area contributed by atoms with Gasteiger partial charge in [-0.3, -0.25) is 0 Å². The van der Waals surface area contributed by atoms with Gasteiger partial charge in [0, 0.05) is 11.5 Å². The first kappa shape index (κ1) is 11.6. The van der Waals surface area contributed by atoms with Gasteiger partial charge in [0.25, 0.3) is 0 Å². The molecular formula is C11H16BrNOS. The molecule has 1 aromatic rings. The lowest BCUT2D eigenvalue weighted by atomic mass is 10.0. The van der Waals surface area contributed by atoms with Crippen molar-refractivity contribution < 1.29 is 4.74 Å². The van der Waals surface area contributed by atoms with Gasteiger partial charge >= 0.3 is 0 Å². The Morgan fingerprint density at radius 2 is 2.40 bits per heavy atom. The lowest BCUT2D eigenvalue weighted by Gasteiger charge is -2.29. The molecule has 0 aromatic carbocycles. The van der Waals surface area contributed by atoms with Crippen LogP contribution in [0.15, 0.2) is 15.9 Å². The van der Waals surface area contributed by atoms with Gasteiger partial charge in [0.15, 0.2) is 0 Å². The van der Waals surface area contributed by atoms with Gasteiger partial charge in [0.1, 0.15) is 0 Å². The van der Waals surface area contributed by atoms with Crippen LogP contribution in [0, 0.1) is 0 Å². The summed E-state index contributed by atoms with van der Waals surface area (Å²) in [6.45, 7) is 0.912. The molecule has 1 N–H and O–H groups in total. The number of likely N-dealkylation sites (N-methyl/N-ethyl adjacent to an activating group) is 1. The zero-order valence-corrected chi connectivity index (χ0v) is 11.2. The Kier molecular flexibility index (Phi) is 4.20. The fourth-order valence-electron chi connectivity index (χ4n) is 2.04. The van der Waals surface area contributed by atoms with E-state index in [9.17, 15) is 0 Å². The van der Waals surface area contributed by atoms with Crippen LogP contribution in [0.5, 0.6) is 0 Å². The molecule has 1 fully saturated rings. The second-order valence-corrected chi connectivity index (χ2v) is 6.31. The molecule has 0 bridgehead atoms. The molecule has 1 aliphatic rings. The van der Waals surface area contributed by atoms with Crippen molar-refractivity contribution in [3.05, 3.63) is 20.8 Å². The molecule has 84 valence electrons. The monoisotopic (exact) mass is 289 g/mol. The predicted molar refractivity (Wildman–Crippen MR) is 67.4 cm³/mol. The average molecular weight is 290 g/mol. The molecule has 0 aliphatic carbocycles. The van der Waals surface area contributed by atoms with Gasteiger partial charge in [-0.1, -0.05) is 0 Å². The van der Waals surface area contributed by atoms with E-state index in [1.54, 1.807) is 11.3 Å². The molecule has 0 saturated carbocycles. The summed E-state index contributed by atoms with van der Waals surface area (Å²) in [6.07, 6.45) is 4.01. The van der Waals surface area contributed by atoms with Crippen LogP contribution in [-0.4, -0.2) is 19.8 Å². The highest BCUT2D eigenvalue weighted by Gasteiger charge is 2.25. The van der Waals surface area contributed by atoms with Gasteiger partial charge in [-0.05, 0) is 54.4 Å². The van der Waals surface area contributed by atoms with Crippen molar-refractivity contribution in [1.29, 1.82) is 0 Å². The number of thiophene rings is 1. The Labute approximate surface area is 103 Å². The Hall–Kier alpha value is 0.1000. The quantitative estimate of drug-likeness (QED) is 0.922. The molecule has 0 amide bonds. The lowest BCUT2D eigenvalue weighted by molar-refractivity contribution is -0.00588. The van der Waals surface area contributed by atoms with Crippen molar-refractivity contribution in [1.82, 2.24) is 5.32 Å². The maximum atomic E-state index is 5.82. The number of ether oxygens (including phenoxy) is 1. The van der Waals surface area contributed by atoms with Gasteiger partial charge < -0.3 is 10.1 Å². The molecule has 1 saturated heterocycles. The van der Waals surface area contributed by atoms with Crippen molar-refractivity contribution in [2.24, 2.45) is 0 Å². The Balaban J connectivity index is 2.08. The third kappa shape index (κ3) is 2.81. The van der Waals surface area contributed by atoms with Crippen molar-refractivity contribution in [2.45, 2.75) is 31.4 Å². The van der Waals surface area contributed by atoms with Crippen LogP contribution in [0.3, 0.4) is 0 Å². The highest BCUT2D eigenvalue weighted by molar-refractivity contribution is 9.11. The summed E-state index contributed by atoms with van der Waals surface area (Å²) < 4.78 is 7.01. The van der Waals surface area contributed by atoms with Crippen LogP contribution in [0.25, 0.3) is 0 Å². The van der Waals surface area contributed by atoms with Gasteiger partial charge in [0.2, 0.25) is 0 Å². The Morgan fingerprint density at radius 3 is 2.93 bits per heavy atom. The van der Waals surface area contributed by atoms with E-state index < -0.39 is 0 Å². The average Bonchev–Trinajstić information content (AvgIpc) is 2.68. The van der Waals surface area contributed by atoms with Crippen LogP contribution in [0.4, 0.5) is 0 Å². The number of halogens is 1. The number of nitrogens with one attached hydrogen (secondary N) is 1. The van der Waals surface area contributed by atoms with Gasteiger partial charge in [-0.2, -0.15) is 0 Å². The number of hydrogen-bond acceptors (Lipinski definition) is 3. The predicted octanol–water partition coefficient (Wildman–Crippen LogP) is 3.34. The van der Waals surface area contributed by atoms with E-state index in [-0.39, 0.29) is 0 Å². The minimum absolute atomic E-state index is 0.342. The molecule has 2 nitrogen and oxygen atoms in total. The summed E-state index contributed by atoms with van der Waals surface area (Å²) in [5.41, 5.74) is 0. The van der Waals surface area contributed by atoms with E-state index in [0.29, 0.717) is 12.1 Å². The van der Waals surface area contributed by atoms with Gasteiger partial charge in [-0.15, -0.1) is 11.3 Å². The van der Waals surface area contributed by atoms with Crippen molar-refractivity contribution in [3.8, 4) is 0 Å². The summed E-state index contributed by atoms with van der Waals surface area (Å²) in [5, 5.41) is 3.37. The Bertz CT molecular complexity index is 309. The summed E-state index contributed by atoms with van der Waals surface area (Å²) in [6, 6.07) is 4.63. The highest BCUT2D eigenvalue weighted by atomic mass is 79.9. The second-order valence-electron chi connectivity index (χ2n) is 3.81. The summed E-state index contributed by atoms with van der Waals surface area (Å²) in [5.74, 6) is 0. The van der Waals surface area contributed by atoms with Crippen molar-refractivity contribution in [2.75, 3.05) is 13.7 Å². The van der Waals surface area contributed by atoms with E-state index in [0.717, 1.165) is 6.61 Å². The summed E-state index contributed by atoms with van der Waals surface area (Å²) >= 11 is 5.29. The van der Waals surface area contributed by atoms with Crippen molar-refractivity contribution in [3.63, 3.8) is 0 Å². The second kappa shape index (κ2) is 5.43. The zero-order chi connectivity index (χ0) is 10.7. The topological polar surface area (TPSA) is 21.3 Å². The van der Waals surface area contributed by atoms with Gasteiger partial charge in [0.05, 0.1) is 15.9 Å². The minimum atomic E-state index is 0.342. The molecule has 2 atom stereocenters. The van der Waals surface area contributed by atoms with E-state index in [4.69, 9.17) is 4.74 Å². The number of hydrogen-bond donors (Lipinski definition) is 1. The van der Waals surface area contributed by atoms with Crippen LogP contribution < -0.4 is 5.32 Å². The van der Waals surface area contributed by atoms with Gasteiger partial charge in [-0.25, -0.2) is 0 Å². The minimum Gasteiger partial charge on any atom is -0.376 e. The molecule has 1 aliphatic heterocycles. The maximum Gasteiger partial charge on any atom is 0.0777 e. The first-order valence-corrected chi connectivity index (χ1v) is 6.96. The molecule has 0 radical (unpaired) electrons. The van der Waals surface area contributed by atoms with E-state index >= 15 is 0 Å². The van der Waals surface area contributed by atoms with E-state index in [2.05, 4.69) is 33.4 Å². The molecule has 15 heavy (non-hydrogen) atoms. The van der Waals surface area contributed by atoms with Crippen molar-refractivity contribution >= 4 is 27.3 Å². The molecule has 1 aromatic heterocycles. The van der Waals surface area contributed by atoms with Crippen LogP contribution in [0.2, 0.25) is 0 Å². The highest BCUT2D eigenvalue weighted by Crippen LogP contribution is 2.32. The third-order valence-electron chi connectivity index (χ3n) is 2.80. The van der Waals surface area contributed by atoms with Crippen LogP contribution >= 0.6 is 27.3 Å². The first-order chi connectivity index (χ1) is 7.31. The van der Waals surface area contributed by atoms with Crippen LogP contribution in [0.1, 0.15) is 30.2 Å². The fourth-order valence-corrected chi connectivity index (χ4v) is 3.62. The maximum absolute atomic E-state index is 5.82. The first-order valence-electron chi connectivity index (χ1n) is 5.35. The largest absolute Gasteiger partial charge is 0.376 e. The molecule has 0 spiro atoms. The zero-order valence-electron chi connectivity index (χ0n) is 8.83. The number of rotatable bonds is 3. The smallest absolute Gasteiger partial charge is 0.0777 e. The van der Waals surface area contributed by atoms with E-state index in [1.807, 2.05) is 7.05 Å². The summed E-state index contributed by atoms with van der Waals surface area (Å²) in [4.78, 5) is 1.36. The lowest BCUT2D eigenvalue weighted by Crippen LogP contribution is -2.33. The SMILES string of the molecule is CNC(c1ccc(Br)s1)C1CCCCO1. The molecule has 2 rings (SSSR count). The standard InChI is InChI=1S/C11H16BrNOS/c1-13-11(8-4-2-3-7-14-8)9-5-6-10(12)15-9/h5-6,8,11,13H,2-4,7H2,1H3. The van der Waals surface area contributed by atoms with E-state index in [1.165, 1.54) is 27.9 Å². The van der Waals surface area contributed by atoms with Crippen LogP contribution in [-0.2, 0) is 4.74 Å². The normalized spacial score (nSPS) is 24.0. The molecular weight excluding hydrogens is 274 g/mol. The summed E-state index contributed by atoms with van der Waals surface area (Å²) in [7, 11) is 2.01. The molecule has 2 heterocycles. The Morgan fingerprint density at radius 1 is 1.53 bits per heavy atom. The molecule has 4 heteroatoms.